The Labute approximate surface area is 298 Å². The Kier molecular flexibility index (Phi) is 9.41. The summed E-state index contributed by atoms with van der Waals surface area (Å²) in [5.41, 5.74) is 3.88. The lowest BCUT2D eigenvalue weighted by molar-refractivity contribution is 0.218. The molecule has 0 spiro atoms. The monoisotopic (exact) mass is 706 g/mol. The zero-order chi connectivity index (χ0) is 34.1. The van der Waals surface area contributed by atoms with Gasteiger partial charge in [-0.3, -0.25) is 9.36 Å². The fraction of sp³-hybridized carbons (Fsp3) is 0.289. The summed E-state index contributed by atoms with van der Waals surface area (Å²) in [6.45, 7) is 6.94. The van der Waals surface area contributed by atoms with Gasteiger partial charge in [0.15, 0.2) is 11.0 Å². The number of methoxy groups -OCH3 is 1. The molecule has 0 saturated carbocycles. The molecule has 1 unspecified atom stereocenters. The van der Waals surface area contributed by atoms with Gasteiger partial charge < -0.3 is 9.30 Å². The van der Waals surface area contributed by atoms with E-state index in [-0.39, 0.29) is 11.0 Å². The fourth-order valence-electron chi connectivity index (χ4n) is 6.13. The molecule has 0 amide bonds. The molecule has 0 fully saturated rings. The Hall–Kier alpha value is -4.32. The average Bonchev–Trinajstić information content (AvgIpc) is 3.66. The molecule has 0 saturated heterocycles. The minimum absolute atomic E-state index is 0.0210. The molecule has 0 radical (unpaired) electrons. The Morgan fingerprint density at radius 1 is 1.02 bits per heavy atom. The maximum atomic E-state index is 14.4. The third kappa shape index (κ3) is 6.92. The number of thiophene rings is 1. The smallest absolute Gasteiger partial charge is 0.267 e. The lowest BCUT2D eigenvalue weighted by Crippen LogP contribution is -2.27. The zero-order valence-electron chi connectivity index (χ0n) is 28.2. The van der Waals surface area contributed by atoms with E-state index in [9.17, 15) is 4.79 Å². The van der Waals surface area contributed by atoms with Crippen molar-refractivity contribution in [2.75, 3.05) is 7.11 Å². The zero-order valence-corrected chi connectivity index (χ0v) is 30.7. The third-order valence-electron chi connectivity index (χ3n) is 9.07. The third-order valence-corrected chi connectivity index (χ3v) is 12.0. The maximum Gasteiger partial charge on any atom is 0.267 e. The summed E-state index contributed by atoms with van der Waals surface area (Å²) in [6, 6.07) is 27.4. The topological polar surface area (TPSA) is 86.7 Å². The molecule has 1 aliphatic rings. The van der Waals surface area contributed by atoms with E-state index in [1.807, 2.05) is 96.5 Å². The summed E-state index contributed by atoms with van der Waals surface area (Å²) in [4.78, 5) is 32.3. The molecule has 6 aromatic rings. The van der Waals surface area contributed by atoms with Crippen molar-refractivity contribution in [1.29, 1.82) is 0 Å². The van der Waals surface area contributed by atoms with Crippen molar-refractivity contribution in [3.8, 4) is 11.4 Å². The summed E-state index contributed by atoms with van der Waals surface area (Å²) in [5, 5.41) is 1.40. The minimum Gasteiger partial charge on any atom is -0.497 e. The van der Waals surface area contributed by atoms with E-state index in [2.05, 4.69) is 20.8 Å². The van der Waals surface area contributed by atoms with Gasteiger partial charge in [-0.2, -0.15) is 9.37 Å². The predicted molar refractivity (Wildman–Crippen MR) is 202 cm³/mol. The Morgan fingerprint density at radius 2 is 1.73 bits per heavy atom. The highest BCUT2D eigenvalue weighted by atomic mass is 32.2. The number of hydrogen-bond acceptors (Lipinski definition) is 8. The lowest BCUT2D eigenvalue weighted by Gasteiger charge is -2.33. The summed E-state index contributed by atoms with van der Waals surface area (Å²) in [7, 11) is 3.61. The largest absolute Gasteiger partial charge is 0.497 e. The first kappa shape index (κ1) is 33.2. The van der Waals surface area contributed by atoms with Gasteiger partial charge in [0.05, 0.1) is 29.6 Å². The van der Waals surface area contributed by atoms with Crippen LogP contribution in [0.15, 0.2) is 105 Å². The molecule has 0 aliphatic heterocycles. The van der Waals surface area contributed by atoms with Gasteiger partial charge in [0, 0.05) is 29.0 Å². The number of nitrogens with zero attached hydrogens (tertiary/aromatic N) is 6. The Morgan fingerprint density at radius 3 is 2.43 bits per heavy atom. The maximum absolute atomic E-state index is 14.4. The van der Waals surface area contributed by atoms with Crippen molar-refractivity contribution in [2.45, 2.75) is 50.9 Å². The van der Waals surface area contributed by atoms with Crippen LogP contribution in [-0.4, -0.2) is 31.4 Å². The second-order valence-electron chi connectivity index (χ2n) is 13.2. The van der Waals surface area contributed by atoms with E-state index >= 15 is 0 Å². The van der Waals surface area contributed by atoms with E-state index in [0.29, 0.717) is 22.7 Å². The summed E-state index contributed by atoms with van der Waals surface area (Å²) < 4.78 is 13.9. The van der Waals surface area contributed by atoms with Crippen LogP contribution in [0.5, 0.6) is 5.75 Å². The van der Waals surface area contributed by atoms with E-state index in [1.165, 1.54) is 33.7 Å². The molecule has 0 N–H and O–H groups in total. The van der Waals surface area contributed by atoms with Gasteiger partial charge in [0.1, 0.15) is 16.4 Å². The molecule has 0 bridgehead atoms. The van der Waals surface area contributed by atoms with E-state index < -0.39 is 0 Å². The van der Waals surface area contributed by atoms with Crippen LogP contribution in [0.1, 0.15) is 49.0 Å². The number of benzene rings is 3. The van der Waals surface area contributed by atoms with Gasteiger partial charge >= 0.3 is 0 Å². The van der Waals surface area contributed by atoms with Crippen LogP contribution in [0.4, 0.5) is 5.69 Å². The SMILES string of the molecule is COc1ccc(-n2c(SCc3nsc(=NC(=Nc4ccccc4)c4ccccc4)n3C)nc3sc4c(c3c2=O)CCC(C(C)(C)C)C4)cc1. The Bertz CT molecular complexity index is 2260. The van der Waals surface area contributed by atoms with Gasteiger partial charge in [0.2, 0.25) is 4.80 Å². The van der Waals surface area contributed by atoms with Crippen molar-refractivity contribution in [3.05, 3.63) is 122 Å². The number of aromatic nitrogens is 4. The number of thioether (sulfide) groups is 1. The number of ether oxygens (including phenoxy) is 1. The van der Waals surface area contributed by atoms with E-state index in [0.717, 1.165) is 62.8 Å². The highest BCUT2D eigenvalue weighted by molar-refractivity contribution is 7.98. The molecular weight excluding hydrogens is 669 g/mol. The normalized spacial score (nSPS) is 15.5. The van der Waals surface area contributed by atoms with Gasteiger partial charge in [-0.25, -0.2) is 9.98 Å². The van der Waals surface area contributed by atoms with Crippen molar-refractivity contribution in [2.24, 2.45) is 28.4 Å². The van der Waals surface area contributed by atoms with Gasteiger partial charge in [-0.05, 0) is 72.6 Å². The second-order valence-corrected chi connectivity index (χ2v) is 16.0. The van der Waals surface area contributed by atoms with Gasteiger partial charge in [0.25, 0.3) is 5.56 Å². The van der Waals surface area contributed by atoms with Gasteiger partial charge in [-0.15, -0.1) is 11.3 Å². The van der Waals surface area contributed by atoms with Crippen LogP contribution < -0.4 is 15.1 Å². The molecule has 3 aromatic carbocycles. The van der Waals surface area contributed by atoms with Crippen LogP contribution in [0, 0.1) is 11.3 Å². The van der Waals surface area contributed by atoms with Crippen molar-refractivity contribution >= 4 is 56.4 Å². The first-order valence-electron chi connectivity index (χ1n) is 16.3. The molecule has 3 heterocycles. The number of rotatable bonds is 7. The van der Waals surface area contributed by atoms with E-state index in [1.54, 1.807) is 23.0 Å². The number of fused-ring (bicyclic) bond motifs is 3. The summed E-state index contributed by atoms with van der Waals surface area (Å²) in [6.07, 6.45) is 2.98. The highest BCUT2D eigenvalue weighted by Gasteiger charge is 2.32. The minimum atomic E-state index is -0.0210. The van der Waals surface area contributed by atoms with Crippen LogP contribution in [0.3, 0.4) is 0 Å². The number of aliphatic imine (C=N–C) groups is 1. The van der Waals surface area contributed by atoms with Gasteiger partial charge in [-0.1, -0.05) is 81.1 Å². The molecule has 7 rings (SSSR count). The lowest BCUT2D eigenvalue weighted by atomic mass is 9.72. The highest BCUT2D eigenvalue weighted by Crippen LogP contribution is 2.42. The van der Waals surface area contributed by atoms with Crippen LogP contribution >= 0.6 is 34.6 Å². The molecule has 11 heteroatoms. The van der Waals surface area contributed by atoms with Crippen molar-refractivity contribution in [3.63, 3.8) is 0 Å². The number of para-hydroxylation sites is 1. The average molecular weight is 707 g/mol. The van der Waals surface area contributed by atoms with Crippen LogP contribution in [0.25, 0.3) is 15.9 Å². The quantitative estimate of drug-likeness (QED) is 0.0721. The molecule has 1 atom stereocenters. The number of hydrogen-bond donors (Lipinski definition) is 0. The summed E-state index contributed by atoms with van der Waals surface area (Å²) in [5.74, 6) is 3.26. The molecule has 3 aromatic heterocycles. The first-order chi connectivity index (χ1) is 23.7. The Balaban J connectivity index is 1.26. The number of amidine groups is 1. The number of aryl methyl sites for hydroxylation is 1. The van der Waals surface area contributed by atoms with Crippen molar-refractivity contribution < 1.29 is 4.74 Å². The predicted octanol–water partition coefficient (Wildman–Crippen LogP) is 8.37. The molecule has 1 aliphatic carbocycles. The van der Waals surface area contributed by atoms with E-state index in [4.69, 9.17) is 24.1 Å². The van der Waals surface area contributed by atoms with Crippen LogP contribution in [0.2, 0.25) is 0 Å². The molecule has 250 valence electrons. The molecule has 49 heavy (non-hydrogen) atoms. The summed E-state index contributed by atoms with van der Waals surface area (Å²) >= 11 is 4.52. The van der Waals surface area contributed by atoms with Crippen molar-refractivity contribution in [1.82, 2.24) is 18.5 Å². The standard InChI is InChI=1S/C38H38N6O2S3/c1-38(2,3)25-16-21-29-30(22-25)48-34-32(29)35(45)44(27-17-19-28(46-5)20-18-27)37(41-34)47-23-31-42-49-36(43(31)4)40-33(24-12-8-6-9-13-24)39-26-14-10-7-11-15-26/h6-15,17-20,25H,16,21-23H2,1-5H3. The fourth-order valence-corrected chi connectivity index (χ4v) is 9.28. The van der Waals surface area contributed by atoms with Crippen LogP contribution in [-0.2, 0) is 25.6 Å². The first-order valence-corrected chi connectivity index (χ1v) is 18.9. The molecule has 8 nitrogen and oxygen atoms in total. The molecular formula is C38H38N6O2S3. The second kappa shape index (κ2) is 13.9.